The van der Waals surface area contributed by atoms with E-state index in [0.29, 0.717) is 11.6 Å². The summed E-state index contributed by atoms with van der Waals surface area (Å²) in [5, 5.41) is 9.20. The van der Waals surface area contributed by atoms with Crippen LogP contribution in [0.4, 0.5) is 4.39 Å². The topological polar surface area (TPSA) is 32.7 Å². The molecule has 0 saturated carbocycles. The summed E-state index contributed by atoms with van der Waals surface area (Å²) < 4.78 is 18.5. The summed E-state index contributed by atoms with van der Waals surface area (Å²) in [6, 6.07) is 4.54. The summed E-state index contributed by atoms with van der Waals surface area (Å²) >= 11 is 6.03. The lowest BCUT2D eigenvalue weighted by Gasteiger charge is -2.32. The van der Waals surface area contributed by atoms with Crippen LogP contribution in [0.5, 0.6) is 0 Å². The molecule has 1 aliphatic rings. The van der Waals surface area contributed by atoms with E-state index in [4.69, 9.17) is 21.4 Å². The average Bonchev–Trinajstić information content (AvgIpc) is 2.41. The fraction of sp³-hybridized carbons (Fsp3) is 0.571. The Hall–Kier alpha value is -0.680. The van der Waals surface area contributed by atoms with Crippen molar-refractivity contribution in [3.63, 3.8) is 0 Å². The predicted octanol–water partition coefficient (Wildman–Crippen LogP) is 2.45. The first-order valence-electron chi connectivity index (χ1n) is 6.58. The van der Waals surface area contributed by atoms with E-state index in [1.54, 1.807) is 6.07 Å². The molecule has 19 heavy (non-hydrogen) atoms. The Morgan fingerprint density at radius 3 is 2.74 bits per heavy atom. The van der Waals surface area contributed by atoms with Crippen LogP contribution in [0, 0.1) is 5.82 Å². The number of likely N-dealkylation sites (tertiary alicyclic amines) is 1. The second-order valence-electron chi connectivity index (χ2n) is 4.81. The molecule has 1 saturated heterocycles. The standard InChI is InChI=1S/C14H19ClFNO2/c15-14-9-12(16)2-1-11(14)10-17-5-3-13(4-6-17)19-8-7-18/h1-2,9,13,18H,3-8,10H2. The van der Waals surface area contributed by atoms with Gasteiger partial charge in [-0.05, 0) is 30.5 Å². The van der Waals surface area contributed by atoms with Gasteiger partial charge in [0.15, 0.2) is 0 Å². The van der Waals surface area contributed by atoms with E-state index < -0.39 is 0 Å². The maximum Gasteiger partial charge on any atom is 0.124 e. The van der Waals surface area contributed by atoms with Crippen LogP contribution in [0.1, 0.15) is 18.4 Å². The van der Waals surface area contributed by atoms with E-state index >= 15 is 0 Å². The molecule has 1 aromatic rings. The highest BCUT2D eigenvalue weighted by atomic mass is 35.5. The minimum atomic E-state index is -0.301. The molecule has 1 aliphatic heterocycles. The molecule has 0 aliphatic carbocycles. The van der Waals surface area contributed by atoms with Gasteiger partial charge in [0.1, 0.15) is 5.82 Å². The van der Waals surface area contributed by atoms with Gasteiger partial charge < -0.3 is 9.84 Å². The smallest absolute Gasteiger partial charge is 0.124 e. The predicted molar refractivity (Wildman–Crippen MR) is 72.7 cm³/mol. The van der Waals surface area contributed by atoms with Crippen molar-refractivity contribution in [3.8, 4) is 0 Å². The number of aliphatic hydroxyl groups is 1. The molecular weight excluding hydrogens is 269 g/mol. The number of rotatable bonds is 5. The van der Waals surface area contributed by atoms with Gasteiger partial charge in [-0.2, -0.15) is 0 Å². The van der Waals surface area contributed by atoms with Crippen molar-refractivity contribution in [2.45, 2.75) is 25.5 Å². The number of hydrogen-bond acceptors (Lipinski definition) is 3. The lowest BCUT2D eigenvalue weighted by atomic mass is 10.1. The first-order valence-corrected chi connectivity index (χ1v) is 6.95. The molecule has 2 rings (SSSR count). The number of ether oxygens (including phenoxy) is 1. The molecule has 5 heteroatoms. The average molecular weight is 288 g/mol. The van der Waals surface area contributed by atoms with Crippen LogP contribution in [-0.2, 0) is 11.3 Å². The van der Waals surface area contributed by atoms with Gasteiger partial charge in [-0.25, -0.2) is 4.39 Å². The van der Waals surface area contributed by atoms with E-state index in [-0.39, 0.29) is 18.5 Å². The molecule has 0 spiro atoms. The van der Waals surface area contributed by atoms with Crippen molar-refractivity contribution in [2.75, 3.05) is 26.3 Å². The molecule has 1 N–H and O–H groups in total. The van der Waals surface area contributed by atoms with Gasteiger partial charge >= 0.3 is 0 Å². The van der Waals surface area contributed by atoms with Crippen LogP contribution in [0.15, 0.2) is 18.2 Å². The third kappa shape index (κ3) is 4.42. The molecule has 1 heterocycles. The number of aliphatic hydroxyl groups excluding tert-OH is 1. The van der Waals surface area contributed by atoms with Crippen LogP contribution in [-0.4, -0.2) is 42.4 Å². The Morgan fingerprint density at radius 2 is 2.11 bits per heavy atom. The highest BCUT2D eigenvalue weighted by Crippen LogP contribution is 2.21. The number of piperidine rings is 1. The van der Waals surface area contributed by atoms with Crippen LogP contribution in [0.25, 0.3) is 0 Å². The summed E-state index contributed by atoms with van der Waals surface area (Å²) in [6.45, 7) is 3.10. The maximum absolute atomic E-state index is 13.0. The van der Waals surface area contributed by atoms with Gasteiger partial charge in [-0.1, -0.05) is 17.7 Å². The normalized spacial score (nSPS) is 17.8. The highest BCUT2D eigenvalue weighted by Gasteiger charge is 2.20. The molecule has 0 radical (unpaired) electrons. The van der Waals surface area contributed by atoms with Crippen molar-refractivity contribution >= 4 is 11.6 Å². The lowest BCUT2D eigenvalue weighted by molar-refractivity contribution is -0.00901. The third-order valence-corrected chi connectivity index (χ3v) is 3.74. The van der Waals surface area contributed by atoms with Gasteiger partial charge in [0.2, 0.25) is 0 Å². The minimum absolute atomic E-state index is 0.0748. The van der Waals surface area contributed by atoms with Crippen LogP contribution < -0.4 is 0 Å². The summed E-state index contributed by atoms with van der Waals surface area (Å²) in [5.74, 6) is -0.301. The number of nitrogens with zero attached hydrogens (tertiary/aromatic N) is 1. The second-order valence-corrected chi connectivity index (χ2v) is 5.21. The fourth-order valence-electron chi connectivity index (χ4n) is 2.34. The molecule has 0 unspecified atom stereocenters. The second kappa shape index (κ2) is 7.20. The highest BCUT2D eigenvalue weighted by molar-refractivity contribution is 6.31. The summed E-state index contributed by atoms with van der Waals surface area (Å²) in [7, 11) is 0. The molecule has 106 valence electrons. The number of halogens is 2. The zero-order valence-corrected chi connectivity index (χ0v) is 11.6. The van der Waals surface area contributed by atoms with Crippen LogP contribution >= 0.6 is 11.6 Å². The Morgan fingerprint density at radius 1 is 1.37 bits per heavy atom. The van der Waals surface area contributed by atoms with Gasteiger partial charge in [0, 0.05) is 24.7 Å². The van der Waals surface area contributed by atoms with E-state index in [1.165, 1.54) is 12.1 Å². The molecule has 0 aromatic heterocycles. The molecule has 0 bridgehead atoms. The minimum Gasteiger partial charge on any atom is -0.394 e. The van der Waals surface area contributed by atoms with Crippen LogP contribution in [0.2, 0.25) is 5.02 Å². The maximum atomic E-state index is 13.0. The monoisotopic (exact) mass is 287 g/mol. The lowest BCUT2D eigenvalue weighted by Crippen LogP contribution is -2.37. The van der Waals surface area contributed by atoms with E-state index in [9.17, 15) is 4.39 Å². The molecule has 1 fully saturated rings. The first-order chi connectivity index (χ1) is 9.19. The summed E-state index contributed by atoms with van der Waals surface area (Å²) in [5.41, 5.74) is 0.956. The van der Waals surface area contributed by atoms with Gasteiger partial charge in [-0.15, -0.1) is 0 Å². The van der Waals surface area contributed by atoms with E-state index in [2.05, 4.69) is 4.90 Å². The number of hydrogen-bond donors (Lipinski definition) is 1. The zero-order chi connectivity index (χ0) is 13.7. The van der Waals surface area contributed by atoms with E-state index in [1.807, 2.05) is 0 Å². The zero-order valence-electron chi connectivity index (χ0n) is 10.8. The third-order valence-electron chi connectivity index (χ3n) is 3.39. The van der Waals surface area contributed by atoms with Crippen molar-refractivity contribution in [2.24, 2.45) is 0 Å². The molecule has 0 amide bonds. The van der Waals surface area contributed by atoms with E-state index in [0.717, 1.165) is 38.0 Å². The molecule has 1 aromatic carbocycles. The Labute approximate surface area is 117 Å². The molecule has 3 nitrogen and oxygen atoms in total. The Balaban J connectivity index is 1.82. The summed E-state index contributed by atoms with van der Waals surface area (Å²) in [6.07, 6.45) is 2.16. The first kappa shape index (κ1) is 14.7. The Bertz CT molecular complexity index is 408. The molecule has 0 atom stereocenters. The summed E-state index contributed by atoms with van der Waals surface area (Å²) in [4.78, 5) is 2.29. The van der Waals surface area contributed by atoms with Crippen molar-refractivity contribution in [3.05, 3.63) is 34.6 Å². The molecular formula is C14H19ClFNO2. The van der Waals surface area contributed by atoms with Gasteiger partial charge in [-0.3, -0.25) is 4.90 Å². The fourth-order valence-corrected chi connectivity index (χ4v) is 2.57. The van der Waals surface area contributed by atoms with Gasteiger partial charge in [0.25, 0.3) is 0 Å². The largest absolute Gasteiger partial charge is 0.394 e. The van der Waals surface area contributed by atoms with Crippen molar-refractivity contribution in [1.82, 2.24) is 4.90 Å². The van der Waals surface area contributed by atoms with Gasteiger partial charge in [0.05, 0.1) is 19.3 Å². The van der Waals surface area contributed by atoms with Crippen LogP contribution in [0.3, 0.4) is 0 Å². The van der Waals surface area contributed by atoms with Crippen molar-refractivity contribution < 1.29 is 14.2 Å². The number of benzene rings is 1. The Kier molecular flexibility index (Phi) is 5.58. The quantitative estimate of drug-likeness (QED) is 0.903. The SMILES string of the molecule is OCCOC1CCN(Cc2ccc(F)cc2Cl)CC1. The van der Waals surface area contributed by atoms with Crippen molar-refractivity contribution in [1.29, 1.82) is 0 Å².